The third kappa shape index (κ3) is 1.95. The Balaban J connectivity index is 1.54. The lowest BCUT2D eigenvalue weighted by Crippen LogP contribution is -2.25. The van der Waals surface area contributed by atoms with E-state index >= 15 is 0 Å². The average Bonchev–Trinajstić information content (AvgIpc) is 3.03. The molecule has 2 atom stereocenters. The molecule has 1 N–H and O–H groups in total. The molecule has 2 aliphatic heterocycles. The third-order valence-corrected chi connectivity index (χ3v) is 4.58. The molecule has 2 saturated heterocycles. The first kappa shape index (κ1) is 11.4. The van der Waals surface area contributed by atoms with Gasteiger partial charge in [-0.1, -0.05) is 6.07 Å². The van der Waals surface area contributed by atoms with E-state index in [1.807, 2.05) is 0 Å². The van der Waals surface area contributed by atoms with Crippen molar-refractivity contribution in [3.05, 3.63) is 35.8 Å². The molecule has 4 nitrogen and oxygen atoms in total. The largest absolute Gasteiger partial charge is 0.316 e. The van der Waals surface area contributed by atoms with Crippen LogP contribution in [-0.2, 0) is 6.54 Å². The van der Waals surface area contributed by atoms with Crippen molar-refractivity contribution in [2.75, 3.05) is 26.2 Å². The van der Waals surface area contributed by atoms with E-state index in [0.29, 0.717) is 0 Å². The minimum Gasteiger partial charge on any atom is -0.316 e. The number of likely N-dealkylation sites (tertiary alicyclic amines) is 1. The van der Waals surface area contributed by atoms with Gasteiger partial charge in [0, 0.05) is 32.0 Å². The van der Waals surface area contributed by atoms with Gasteiger partial charge in [-0.25, -0.2) is 4.98 Å². The summed E-state index contributed by atoms with van der Waals surface area (Å²) in [6.45, 7) is 7.97. The van der Waals surface area contributed by atoms with Crippen molar-refractivity contribution in [2.45, 2.75) is 13.5 Å². The van der Waals surface area contributed by atoms with Crippen molar-refractivity contribution in [3.63, 3.8) is 0 Å². The molecule has 0 aromatic carbocycles. The lowest BCUT2D eigenvalue weighted by molar-refractivity contribution is 0.302. The van der Waals surface area contributed by atoms with E-state index in [2.05, 4.69) is 46.1 Å². The maximum Gasteiger partial charge on any atom is 0.139 e. The van der Waals surface area contributed by atoms with Gasteiger partial charge in [0.1, 0.15) is 5.65 Å². The fourth-order valence-electron chi connectivity index (χ4n) is 3.59. The second-order valence-electron chi connectivity index (χ2n) is 6.03. The molecule has 2 aromatic rings. The van der Waals surface area contributed by atoms with Crippen LogP contribution in [0, 0.1) is 18.8 Å². The Morgan fingerprint density at radius 3 is 2.84 bits per heavy atom. The van der Waals surface area contributed by atoms with Crippen molar-refractivity contribution in [1.82, 2.24) is 19.6 Å². The van der Waals surface area contributed by atoms with Crippen LogP contribution >= 0.6 is 0 Å². The Hall–Kier alpha value is -1.39. The molecular formula is C15H20N4. The van der Waals surface area contributed by atoms with E-state index in [1.54, 1.807) is 0 Å². The second kappa shape index (κ2) is 4.32. The van der Waals surface area contributed by atoms with Gasteiger partial charge < -0.3 is 9.72 Å². The van der Waals surface area contributed by atoms with Crippen molar-refractivity contribution in [3.8, 4) is 0 Å². The Labute approximate surface area is 113 Å². The van der Waals surface area contributed by atoms with Crippen LogP contribution < -0.4 is 5.32 Å². The molecule has 2 fully saturated rings. The highest BCUT2D eigenvalue weighted by atomic mass is 15.2. The number of fused-ring (bicyclic) bond motifs is 2. The molecule has 0 unspecified atom stereocenters. The first-order chi connectivity index (χ1) is 9.29. The van der Waals surface area contributed by atoms with E-state index < -0.39 is 0 Å². The number of nitrogens with one attached hydrogen (secondary N) is 1. The summed E-state index contributed by atoms with van der Waals surface area (Å²) in [4.78, 5) is 7.34. The Bertz CT molecular complexity index is 591. The predicted molar refractivity (Wildman–Crippen MR) is 75.1 cm³/mol. The van der Waals surface area contributed by atoms with Gasteiger partial charge in [-0.15, -0.1) is 0 Å². The number of pyridine rings is 1. The molecule has 0 bridgehead atoms. The van der Waals surface area contributed by atoms with Crippen LogP contribution in [0.5, 0.6) is 0 Å². The molecule has 0 aliphatic carbocycles. The highest BCUT2D eigenvalue weighted by molar-refractivity contribution is 5.47. The molecule has 4 rings (SSSR count). The van der Waals surface area contributed by atoms with Crippen LogP contribution in [0.4, 0.5) is 0 Å². The molecule has 2 aliphatic rings. The van der Waals surface area contributed by atoms with Gasteiger partial charge in [-0.3, -0.25) is 4.90 Å². The fourth-order valence-corrected chi connectivity index (χ4v) is 3.59. The molecule has 0 spiro atoms. The Morgan fingerprint density at radius 1 is 1.32 bits per heavy atom. The van der Waals surface area contributed by atoms with Crippen LogP contribution in [-0.4, -0.2) is 40.5 Å². The highest BCUT2D eigenvalue weighted by Crippen LogP contribution is 2.27. The van der Waals surface area contributed by atoms with Gasteiger partial charge >= 0.3 is 0 Å². The molecule has 4 heterocycles. The lowest BCUT2D eigenvalue weighted by Gasteiger charge is -2.14. The second-order valence-corrected chi connectivity index (χ2v) is 6.03. The van der Waals surface area contributed by atoms with Crippen LogP contribution in [0.15, 0.2) is 24.5 Å². The summed E-state index contributed by atoms with van der Waals surface area (Å²) < 4.78 is 2.14. The third-order valence-electron chi connectivity index (χ3n) is 4.58. The van der Waals surface area contributed by atoms with Gasteiger partial charge in [0.2, 0.25) is 0 Å². The summed E-state index contributed by atoms with van der Waals surface area (Å²) in [5, 5.41) is 3.49. The first-order valence-electron chi connectivity index (χ1n) is 7.16. The summed E-state index contributed by atoms with van der Waals surface area (Å²) in [7, 11) is 0. The molecular weight excluding hydrogens is 236 g/mol. The monoisotopic (exact) mass is 256 g/mol. The van der Waals surface area contributed by atoms with Gasteiger partial charge in [0.05, 0.1) is 5.69 Å². The molecule has 4 heteroatoms. The normalized spacial score (nSPS) is 27.2. The SMILES string of the molecule is Cc1cccn2cc(CN3C[C@H]4CNC[C@H]4C3)nc12. The van der Waals surface area contributed by atoms with Crippen molar-refractivity contribution in [2.24, 2.45) is 11.8 Å². The van der Waals surface area contributed by atoms with E-state index in [0.717, 1.165) is 24.0 Å². The van der Waals surface area contributed by atoms with Crippen molar-refractivity contribution in [1.29, 1.82) is 0 Å². The van der Waals surface area contributed by atoms with Gasteiger partial charge in [0.15, 0.2) is 0 Å². The predicted octanol–water partition coefficient (Wildman–Crippen LogP) is 1.29. The van der Waals surface area contributed by atoms with Crippen LogP contribution in [0.3, 0.4) is 0 Å². The summed E-state index contributed by atoms with van der Waals surface area (Å²) in [5.74, 6) is 1.72. The standard InChI is InChI=1S/C15H20N4/c1-11-3-2-4-19-10-14(17-15(11)19)9-18-7-12-5-16-6-13(12)8-18/h2-4,10,12-13,16H,5-9H2,1H3/t12-,13+. The minimum atomic E-state index is 0.860. The van der Waals surface area contributed by atoms with Gasteiger partial charge in [0.25, 0.3) is 0 Å². The summed E-state index contributed by atoms with van der Waals surface area (Å²) in [5.41, 5.74) is 3.54. The van der Waals surface area contributed by atoms with Gasteiger partial charge in [-0.2, -0.15) is 0 Å². The van der Waals surface area contributed by atoms with Crippen molar-refractivity contribution >= 4 is 5.65 Å². The number of hydrogen-bond acceptors (Lipinski definition) is 3. The number of aromatic nitrogens is 2. The quantitative estimate of drug-likeness (QED) is 0.879. The molecule has 0 radical (unpaired) electrons. The topological polar surface area (TPSA) is 32.6 Å². The van der Waals surface area contributed by atoms with Crippen molar-refractivity contribution < 1.29 is 0 Å². The van der Waals surface area contributed by atoms with E-state index in [-0.39, 0.29) is 0 Å². The summed E-state index contributed by atoms with van der Waals surface area (Å²) in [6, 6.07) is 4.21. The highest BCUT2D eigenvalue weighted by Gasteiger charge is 2.35. The van der Waals surface area contributed by atoms with Crippen LogP contribution in [0.1, 0.15) is 11.3 Å². The first-order valence-corrected chi connectivity index (χ1v) is 7.16. The smallest absolute Gasteiger partial charge is 0.139 e. The molecule has 0 saturated carbocycles. The number of hydrogen-bond donors (Lipinski definition) is 1. The zero-order valence-electron chi connectivity index (χ0n) is 11.3. The van der Waals surface area contributed by atoms with E-state index in [1.165, 1.54) is 37.4 Å². The van der Waals surface area contributed by atoms with Crippen LogP contribution in [0.25, 0.3) is 5.65 Å². The minimum absolute atomic E-state index is 0.860. The molecule has 100 valence electrons. The maximum atomic E-state index is 4.78. The Morgan fingerprint density at radius 2 is 2.11 bits per heavy atom. The lowest BCUT2D eigenvalue weighted by atomic mass is 10.0. The number of imidazole rings is 1. The zero-order valence-corrected chi connectivity index (χ0v) is 11.3. The number of nitrogens with zero attached hydrogens (tertiary/aromatic N) is 3. The average molecular weight is 256 g/mol. The van der Waals surface area contributed by atoms with Crippen LogP contribution in [0.2, 0.25) is 0 Å². The van der Waals surface area contributed by atoms with E-state index in [9.17, 15) is 0 Å². The molecule has 0 amide bonds. The Kier molecular flexibility index (Phi) is 2.60. The maximum absolute atomic E-state index is 4.78. The summed E-state index contributed by atoms with van der Waals surface area (Å²) in [6.07, 6.45) is 4.26. The fraction of sp³-hybridized carbons (Fsp3) is 0.533. The molecule has 19 heavy (non-hydrogen) atoms. The number of rotatable bonds is 2. The number of aryl methyl sites for hydroxylation is 1. The van der Waals surface area contributed by atoms with Gasteiger partial charge in [-0.05, 0) is 43.5 Å². The van der Waals surface area contributed by atoms with E-state index in [4.69, 9.17) is 4.98 Å². The summed E-state index contributed by atoms with van der Waals surface area (Å²) >= 11 is 0. The molecule has 2 aromatic heterocycles. The zero-order chi connectivity index (χ0) is 12.8.